The molecule has 0 unspecified atom stereocenters. The van der Waals surface area contributed by atoms with Gasteiger partial charge in [0.2, 0.25) is 5.91 Å². The van der Waals surface area contributed by atoms with Gasteiger partial charge >= 0.3 is 46.2 Å². The van der Waals surface area contributed by atoms with Gasteiger partial charge in [-0.2, -0.15) is 0 Å². The molecule has 7 rings (SSSR count). The number of hydrogen-bond donors (Lipinski definition) is 7. The average Bonchev–Trinajstić information content (AvgIpc) is 3.47. The maximum absolute atomic E-state index is 13.0. The minimum absolute atomic E-state index is 0. The van der Waals surface area contributed by atoms with Crippen molar-refractivity contribution in [1.29, 1.82) is 0 Å². The number of imide groups is 1. The molecule has 21 nitrogen and oxygen atoms in total. The number of carbonyl (C=O) groups is 8. The van der Waals surface area contributed by atoms with Gasteiger partial charge in [-0.05, 0) is 28.0 Å². The normalized spacial score (nSPS) is 16.6. The fraction of sp³-hybridized carbons (Fsp3) is 0.455. The van der Waals surface area contributed by atoms with Crippen LogP contribution >= 0.6 is 0 Å². The van der Waals surface area contributed by atoms with Crippen LogP contribution < -0.4 is 36.0 Å². The van der Waals surface area contributed by atoms with E-state index >= 15 is 0 Å². The first kappa shape index (κ1) is 46.1. The number of nitrogens with one attached hydrogen (secondary N) is 5. The Balaban J connectivity index is 0.00000870. The smallest absolute Gasteiger partial charge is 0.705 e. The molecule has 1 saturated heterocycles. The van der Waals surface area contributed by atoms with Crippen LogP contribution in [-0.4, -0.2) is 133 Å². The predicted octanol–water partition coefficient (Wildman–Crippen LogP) is -3.61. The number of rotatable bonds is 8. The Bertz CT molecular complexity index is 1760. The molecule has 0 spiro atoms. The van der Waals surface area contributed by atoms with E-state index in [-0.39, 0.29) is 147 Å². The third-order valence-electron chi connectivity index (χ3n) is 8.30. The number of amides is 7. The molecule has 5 aliphatic heterocycles. The number of nitrogens with zero attached hydrogens (tertiary/aromatic N) is 4. The monoisotopic (exact) mass is 882 g/mol. The maximum atomic E-state index is 13.0. The maximum Gasteiger partial charge on any atom is 2.00 e. The van der Waals surface area contributed by atoms with Crippen LogP contribution in [0.15, 0.2) is 34.3 Å². The molecule has 0 atom stereocenters. The minimum atomic E-state index is -0.827. The zero-order valence-electron chi connectivity index (χ0n) is 30.3. The Hall–Kier alpha value is -5.26. The first-order valence-corrected chi connectivity index (χ1v) is 18.3. The van der Waals surface area contributed by atoms with E-state index in [4.69, 9.17) is 34.8 Å². The average molecular weight is 883 g/mol. The van der Waals surface area contributed by atoms with E-state index in [0.717, 1.165) is 0 Å². The summed E-state index contributed by atoms with van der Waals surface area (Å²) in [6.45, 7) is 1.02. The van der Waals surface area contributed by atoms with Gasteiger partial charge in [0, 0.05) is 90.2 Å². The molecule has 7 N–H and O–H groups in total. The second-order valence-corrected chi connectivity index (χ2v) is 13.0. The predicted molar refractivity (Wildman–Crippen MR) is 190 cm³/mol. The molecule has 7 heterocycles. The van der Waals surface area contributed by atoms with Crippen molar-refractivity contribution >= 4 is 72.6 Å². The summed E-state index contributed by atoms with van der Waals surface area (Å²) in [6, 6.07) is 5.05. The van der Waals surface area contributed by atoms with Crippen molar-refractivity contribution in [3.8, 4) is 0 Å². The largest absolute Gasteiger partial charge is 2.00 e. The molecule has 0 aromatic carbocycles. The van der Waals surface area contributed by atoms with Gasteiger partial charge in [-0.1, -0.05) is 0 Å². The van der Waals surface area contributed by atoms with Crippen LogP contribution in [0.2, 0.25) is 0 Å². The molecule has 1 radical (unpaired) electrons. The number of pyridine rings is 2. The quantitative estimate of drug-likeness (QED) is 0.0444. The molecule has 311 valence electrons. The summed E-state index contributed by atoms with van der Waals surface area (Å²) in [5.41, 5.74) is -0.609. The fourth-order valence-corrected chi connectivity index (χ4v) is 5.84. The van der Waals surface area contributed by atoms with Crippen LogP contribution in [0.3, 0.4) is 0 Å². The Kier molecular flexibility index (Phi) is 18.2. The van der Waals surface area contributed by atoms with Crippen molar-refractivity contribution in [2.24, 2.45) is 0 Å². The zero-order chi connectivity index (χ0) is 40.8. The summed E-state index contributed by atoms with van der Waals surface area (Å²) in [7, 11) is 0. The molecule has 2 aromatic rings. The topological polar surface area (TPSA) is 270 Å². The molecule has 2 aromatic heterocycles. The van der Waals surface area contributed by atoms with Crippen LogP contribution in [0.1, 0.15) is 73.8 Å². The third kappa shape index (κ3) is 13.1. The molecule has 7 amide bonds. The number of ether oxygens (including phenoxy) is 1. The molecular formula is C33H41CuN9O12S2+2. The van der Waals surface area contributed by atoms with Crippen molar-refractivity contribution < 1.29 is 84.9 Å². The van der Waals surface area contributed by atoms with Crippen LogP contribution in [0.5, 0.6) is 0 Å². The minimum Gasteiger partial charge on any atom is -0.705 e. The Morgan fingerprint density at radius 3 is 1.70 bits per heavy atom. The number of aromatic nitrogens is 2. The second-order valence-electron chi connectivity index (χ2n) is 12.2. The van der Waals surface area contributed by atoms with E-state index in [1.807, 2.05) is 0 Å². The molecular weight excluding hydrogens is 842 g/mol. The van der Waals surface area contributed by atoms with Gasteiger partial charge in [-0.25, -0.2) is 4.79 Å². The van der Waals surface area contributed by atoms with Crippen LogP contribution in [-0.2, 0) is 71.1 Å². The summed E-state index contributed by atoms with van der Waals surface area (Å²) in [5, 5.41) is 34.2. The SMILES string of the molecule is O=C(CCCC(=O)ON1C(=O)CCC1=O)NCCN1CCNC(=O)c2ccc(c([S-])[n+]2O)C(=O)NCCOCCNC(=O)c2ccc([n+](O)c2[S-])C(=O)NCC1.[Cu+2]. The van der Waals surface area contributed by atoms with Gasteiger partial charge in [0.05, 0.1) is 24.3 Å². The van der Waals surface area contributed by atoms with E-state index in [1.54, 1.807) is 4.90 Å². The van der Waals surface area contributed by atoms with E-state index < -0.39 is 47.3 Å². The van der Waals surface area contributed by atoms with Gasteiger partial charge in [0.15, 0.2) is 0 Å². The summed E-state index contributed by atoms with van der Waals surface area (Å²) < 4.78 is 6.26. The molecule has 1 fully saturated rings. The molecule has 0 aliphatic carbocycles. The van der Waals surface area contributed by atoms with E-state index in [0.29, 0.717) is 14.5 Å². The molecule has 24 heteroatoms. The Morgan fingerprint density at radius 1 is 0.737 bits per heavy atom. The molecule has 57 heavy (non-hydrogen) atoms. The fourth-order valence-electron chi connectivity index (χ4n) is 5.32. The second kappa shape index (κ2) is 22.5. The standard InChI is InChI=1S/C33H41N9O12S2.Cu/c43-24(2-1-3-27(46)54-42-25(44)8-9-26(42)45)34-10-15-39-16-11-35-30(49)22-6-4-20(32(55)40(22)51)28(47)37-13-18-53-19-14-38-29(48)21-5-7-23(41(52)33(21)56)31(50)36-12-17-39;/h4-7,51-52H,1-3,8-19H2,(H5,34,35,36,37,38,43,47,48,49,50);/q;+2. The number of carbonyl (C=O) groups excluding carboxylic acids is 8. The van der Waals surface area contributed by atoms with Crippen LogP contribution in [0.4, 0.5) is 0 Å². The summed E-state index contributed by atoms with van der Waals surface area (Å²) in [4.78, 5) is 106. The van der Waals surface area contributed by atoms with Gasteiger partial charge in [-0.3, -0.25) is 48.9 Å². The van der Waals surface area contributed by atoms with Gasteiger partial charge in [0.1, 0.15) is 10.1 Å². The molecule has 4 bridgehead atoms. The summed E-state index contributed by atoms with van der Waals surface area (Å²) >= 11 is 10.4. The number of hydroxylamine groups is 2. The van der Waals surface area contributed by atoms with E-state index in [1.165, 1.54) is 24.3 Å². The van der Waals surface area contributed by atoms with Crippen molar-refractivity contribution in [2.75, 3.05) is 65.6 Å². The number of hydrogen-bond acceptors (Lipinski definition) is 15. The van der Waals surface area contributed by atoms with Gasteiger partial charge < -0.3 is 61.4 Å². The van der Waals surface area contributed by atoms with Crippen LogP contribution in [0.25, 0.3) is 0 Å². The summed E-state index contributed by atoms with van der Waals surface area (Å²) in [6.07, 6.45) is -0.261. The molecule has 0 saturated carbocycles. The van der Waals surface area contributed by atoms with Crippen molar-refractivity contribution in [2.45, 2.75) is 42.2 Å². The Labute approximate surface area is 347 Å². The van der Waals surface area contributed by atoms with E-state index in [2.05, 4.69) is 26.6 Å². The first-order chi connectivity index (χ1) is 26.8. The van der Waals surface area contributed by atoms with Crippen molar-refractivity contribution in [1.82, 2.24) is 36.5 Å². The third-order valence-corrected chi connectivity index (χ3v) is 9.08. The summed E-state index contributed by atoms with van der Waals surface area (Å²) in [5.74, 6) is -5.09. The van der Waals surface area contributed by atoms with Crippen molar-refractivity contribution in [3.05, 3.63) is 46.8 Å². The van der Waals surface area contributed by atoms with Crippen LogP contribution in [0, 0.1) is 0 Å². The Morgan fingerprint density at radius 2 is 1.21 bits per heavy atom. The van der Waals surface area contributed by atoms with E-state index in [9.17, 15) is 48.8 Å². The van der Waals surface area contributed by atoms with Crippen molar-refractivity contribution in [3.63, 3.8) is 0 Å². The van der Waals surface area contributed by atoms with Gasteiger partial charge in [0.25, 0.3) is 23.6 Å². The molecule has 5 aliphatic rings. The zero-order valence-corrected chi connectivity index (χ0v) is 32.9. The first-order valence-electron chi connectivity index (χ1n) is 17.4. The van der Waals surface area contributed by atoms with Gasteiger partial charge in [-0.15, -0.1) is 5.06 Å².